The first kappa shape index (κ1) is 13.5. The molecular weight excluding hydrogens is 232 g/mol. The Kier molecular flexibility index (Phi) is 3.39. The molecule has 0 aliphatic heterocycles. The fourth-order valence-corrected chi connectivity index (χ4v) is 6.11. The second-order valence-corrected chi connectivity index (χ2v) is 7.82. The molecule has 0 spiro atoms. The van der Waals surface area contributed by atoms with Crippen molar-refractivity contribution < 1.29 is 0 Å². The second kappa shape index (κ2) is 4.79. The smallest absolute Gasteiger partial charge is 0.0276 e. The van der Waals surface area contributed by atoms with Crippen LogP contribution in [0.3, 0.4) is 0 Å². The summed E-state index contributed by atoms with van der Waals surface area (Å²) in [6.07, 6.45) is 10.7. The van der Waals surface area contributed by atoms with Gasteiger partial charge < -0.3 is 0 Å². The molecule has 2 heteroatoms. The third kappa shape index (κ3) is 2.32. The van der Waals surface area contributed by atoms with E-state index in [9.17, 15) is 0 Å². The summed E-state index contributed by atoms with van der Waals surface area (Å²) in [4.78, 5) is 0. The molecule has 106 valence electrons. The van der Waals surface area contributed by atoms with Gasteiger partial charge in [0.2, 0.25) is 0 Å². The molecule has 0 aromatic heterocycles. The van der Waals surface area contributed by atoms with Gasteiger partial charge in [-0.1, -0.05) is 6.92 Å². The first-order valence-electron chi connectivity index (χ1n) is 7.95. The fraction of sp³-hybridized carbons (Fsp3) is 0.882. The quantitative estimate of drug-likeness (QED) is 0.463. The van der Waals surface area contributed by atoms with Gasteiger partial charge in [0.1, 0.15) is 0 Å². The summed E-state index contributed by atoms with van der Waals surface area (Å²) in [5.41, 5.74) is 4.25. The van der Waals surface area contributed by atoms with Crippen LogP contribution in [0, 0.1) is 34.5 Å². The minimum Gasteiger partial charge on any atom is -0.271 e. The van der Waals surface area contributed by atoms with E-state index in [4.69, 9.17) is 5.84 Å². The standard InChI is InChI=1S/C17H28N2/c1-3-4-5-6-15(19-18)17-10-13-7-14(11-17)9-16(2,8-13)12-17/h13-15,19H,5-12,18H2,1-2H3. The van der Waals surface area contributed by atoms with Gasteiger partial charge in [-0.25, -0.2) is 0 Å². The molecule has 4 rings (SSSR count). The summed E-state index contributed by atoms with van der Waals surface area (Å²) in [6.45, 7) is 4.45. The molecule has 4 saturated carbocycles. The summed E-state index contributed by atoms with van der Waals surface area (Å²) < 4.78 is 0. The van der Waals surface area contributed by atoms with Crippen LogP contribution in [-0.2, 0) is 0 Å². The molecule has 4 fully saturated rings. The SMILES string of the molecule is CC#CCCC(NN)C12CC3CC(CC(C)(C3)C1)C2. The van der Waals surface area contributed by atoms with Gasteiger partial charge in [-0.2, -0.15) is 0 Å². The number of hydrazine groups is 1. The highest BCUT2D eigenvalue weighted by Gasteiger charge is 2.57. The van der Waals surface area contributed by atoms with Crippen molar-refractivity contribution in [3.63, 3.8) is 0 Å². The third-order valence-electron chi connectivity index (χ3n) is 6.07. The van der Waals surface area contributed by atoms with E-state index in [0.29, 0.717) is 16.9 Å². The number of rotatable bonds is 4. The Bertz CT molecular complexity index is 389. The lowest BCUT2D eigenvalue weighted by Gasteiger charge is -2.63. The number of hydrogen-bond donors (Lipinski definition) is 2. The monoisotopic (exact) mass is 260 g/mol. The van der Waals surface area contributed by atoms with Crippen molar-refractivity contribution in [3.8, 4) is 11.8 Å². The van der Waals surface area contributed by atoms with Crippen molar-refractivity contribution in [1.82, 2.24) is 5.43 Å². The summed E-state index contributed by atoms with van der Waals surface area (Å²) in [7, 11) is 0. The zero-order chi connectivity index (χ0) is 13.5. The predicted molar refractivity (Wildman–Crippen MR) is 79.0 cm³/mol. The first-order valence-corrected chi connectivity index (χ1v) is 7.95. The van der Waals surface area contributed by atoms with Crippen LogP contribution in [-0.4, -0.2) is 6.04 Å². The third-order valence-corrected chi connectivity index (χ3v) is 6.07. The molecule has 4 bridgehead atoms. The minimum absolute atomic E-state index is 0.471. The van der Waals surface area contributed by atoms with Gasteiger partial charge in [-0.05, 0) is 74.5 Å². The van der Waals surface area contributed by atoms with Crippen molar-refractivity contribution in [3.05, 3.63) is 0 Å². The molecule has 0 saturated heterocycles. The molecule has 3 unspecified atom stereocenters. The first-order chi connectivity index (χ1) is 9.09. The lowest BCUT2D eigenvalue weighted by atomic mass is 9.43. The Morgan fingerprint density at radius 1 is 1.26 bits per heavy atom. The average Bonchev–Trinajstić information content (AvgIpc) is 2.31. The van der Waals surface area contributed by atoms with Crippen LogP contribution in [0.25, 0.3) is 0 Å². The Hall–Kier alpha value is -0.520. The van der Waals surface area contributed by atoms with Crippen LogP contribution in [0.4, 0.5) is 0 Å². The Balaban J connectivity index is 1.79. The van der Waals surface area contributed by atoms with E-state index in [1.165, 1.54) is 38.5 Å². The highest BCUT2D eigenvalue weighted by molar-refractivity contribution is 5.10. The van der Waals surface area contributed by atoms with Crippen LogP contribution in [0.5, 0.6) is 0 Å². The molecule has 0 amide bonds. The number of nitrogens with two attached hydrogens (primary N) is 1. The van der Waals surface area contributed by atoms with Crippen molar-refractivity contribution in [1.29, 1.82) is 0 Å². The van der Waals surface area contributed by atoms with Gasteiger partial charge in [-0.15, -0.1) is 11.8 Å². The Labute approximate surface area is 117 Å². The van der Waals surface area contributed by atoms with E-state index in [-0.39, 0.29) is 0 Å². The van der Waals surface area contributed by atoms with Crippen LogP contribution in [0.1, 0.15) is 65.2 Å². The molecule has 0 heterocycles. The van der Waals surface area contributed by atoms with Gasteiger partial charge in [0.25, 0.3) is 0 Å². The maximum Gasteiger partial charge on any atom is 0.0276 e. The molecule has 4 aliphatic carbocycles. The van der Waals surface area contributed by atoms with Crippen molar-refractivity contribution in [2.75, 3.05) is 0 Å². The molecule has 3 N–H and O–H groups in total. The summed E-state index contributed by atoms with van der Waals surface area (Å²) >= 11 is 0. The molecule has 0 radical (unpaired) electrons. The summed E-state index contributed by atoms with van der Waals surface area (Å²) in [5, 5.41) is 0. The number of nitrogens with one attached hydrogen (secondary N) is 1. The van der Waals surface area contributed by atoms with Crippen LogP contribution < -0.4 is 11.3 Å². The highest BCUT2D eigenvalue weighted by atomic mass is 15.2. The average molecular weight is 260 g/mol. The van der Waals surface area contributed by atoms with Crippen LogP contribution >= 0.6 is 0 Å². The molecule has 4 aliphatic rings. The zero-order valence-corrected chi connectivity index (χ0v) is 12.5. The highest BCUT2D eigenvalue weighted by Crippen LogP contribution is 2.66. The topological polar surface area (TPSA) is 38.0 Å². The van der Waals surface area contributed by atoms with Gasteiger partial charge in [-0.3, -0.25) is 11.3 Å². The van der Waals surface area contributed by atoms with E-state index >= 15 is 0 Å². The largest absolute Gasteiger partial charge is 0.271 e. The van der Waals surface area contributed by atoms with E-state index in [2.05, 4.69) is 24.2 Å². The maximum absolute atomic E-state index is 5.92. The Morgan fingerprint density at radius 3 is 2.47 bits per heavy atom. The fourth-order valence-electron chi connectivity index (χ4n) is 6.11. The van der Waals surface area contributed by atoms with Crippen molar-refractivity contribution in [2.24, 2.45) is 28.5 Å². The van der Waals surface area contributed by atoms with E-state index in [1.54, 1.807) is 0 Å². The lowest BCUT2D eigenvalue weighted by Crippen LogP contribution is -2.59. The molecule has 3 atom stereocenters. The summed E-state index contributed by atoms with van der Waals surface area (Å²) in [5.74, 6) is 14.1. The van der Waals surface area contributed by atoms with Crippen LogP contribution in [0.2, 0.25) is 0 Å². The lowest BCUT2D eigenvalue weighted by molar-refractivity contribution is -0.119. The maximum atomic E-state index is 5.92. The van der Waals surface area contributed by atoms with E-state index in [1.807, 2.05) is 6.92 Å². The van der Waals surface area contributed by atoms with Gasteiger partial charge in [0.05, 0.1) is 0 Å². The van der Waals surface area contributed by atoms with Crippen LogP contribution in [0.15, 0.2) is 0 Å². The van der Waals surface area contributed by atoms with E-state index in [0.717, 1.165) is 24.7 Å². The molecule has 19 heavy (non-hydrogen) atoms. The normalized spacial score (nSPS) is 44.8. The summed E-state index contributed by atoms with van der Waals surface area (Å²) in [6, 6.07) is 0.471. The van der Waals surface area contributed by atoms with Gasteiger partial charge in [0, 0.05) is 12.5 Å². The second-order valence-electron chi connectivity index (χ2n) is 7.82. The Morgan fingerprint density at radius 2 is 1.95 bits per heavy atom. The van der Waals surface area contributed by atoms with Gasteiger partial charge >= 0.3 is 0 Å². The molecular formula is C17H28N2. The molecule has 0 aromatic rings. The van der Waals surface area contributed by atoms with Crippen molar-refractivity contribution >= 4 is 0 Å². The molecule has 0 aromatic carbocycles. The predicted octanol–water partition coefficient (Wildman–Crippen LogP) is 3.23. The van der Waals surface area contributed by atoms with Gasteiger partial charge in [0.15, 0.2) is 0 Å². The number of hydrogen-bond acceptors (Lipinski definition) is 2. The zero-order valence-electron chi connectivity index (χ0n) is 12.5. The minimum atomic E-state index is 0.471. The van der Waals surface area contributed by atoms with E-state index < -0.39 is 0 Å². The van der Waals surface area contributed by atoms with Crippen molar-refractivity contribution in [2.45, 2.75) is 71.3 Å². The molecule has 2 nitrogen and oxygen atoms in total.